The van der Waals surface area contributed by atoms with Crippen LogP contribution in [-0.2, 0) is 0 Å². The van der Waals surface area contributed by atoms with E-state index in [0.717, 1.165) is 10.2 Å². The van der Waals surface area contributed by atoms with E-state index in [1.54, 1.807) is 18.6 Å². The molecule has 0 atom stereocenters. The minimum absolute atomic E-state index is 0.494. The van der Waals surface area contributed by atoms with Gasteiger partial charge in [0.15, 0.2) is 0 Å². The lowest BCUT2D eigenvalue weighted by Gasteiger charge is -2.05. The third-order valence-corrected chi connectivity index (χ3v) is 2.76. The van der Waals surface area contributed by atoms with Gasteiger partial charge in [-0.15, -0.1) is 0 Å². The second-order valence-corrected chi connectivity index (χ2v) is 3.91. The highest BCUT2D eigenvalue weighted by molar-refractivity contribution is 9.10. The zero-order valence-corrected chi connectivity index (χ0v) is 9.73. The predicted molar refractivity (Wildman–Crippen MR) is 61.0 cm³/mol. The minimum Gasteiger partial charge on any atom is -0.437 e. The Hall–Kier alpha value is -1.42. The summed E-state index contributed by atoms with van der Waals surface area (Å²) in [5.74, 6) is 1.24. The number of aryl methyl sites for hydroxylation is 1. The molecule has 3 nitrogen and oxygen atoms in total. The molecule has 0 aliphatic carbocycles. The Morgan fingerprint density at radius 3 is 2.80 bits per heavy atom. The summed E-state index contributed by atoms with van der Waals surface area (Å²) in [4.78, 5) is 7.95. The summed E-state index contributed by atoms with van der Waals surface area (Å²) < 4.78 is 6.53. The quantitative estimate of drug-likeness (QED) is 0.835. The summed E-state index contributed by atoms with van der Waals surface area (Å²) in [7, 11) is 0. The largest absolute Gasteiger partial charge is 0.437 e. The number of nitrogens with zero attached hydrogens (tertiary/aromatic N) is 2. The van der Waals surface area contributed by atoms with E-state index in [-0.39, 0.29) is 0 Å². The molecule has 2 rings (SSSR count). The number of benzene rings is 1. The van der Waals surface area contributed by atoms with Crippen LogP contribution in [0.25, 0.3) is 0 Å². The van der Waals surface area contributed by atoms with Crippen LogP contribution in [0.15, 0.2) is 41.3 Å². The Morgan fingerprint density at radius 2 is 2.13 bits per heavy atom. The molecule has 0 amide bonds. The Bertz CT molecular complexity index is 459. The van der Waals surface area contributed by atoms with Crippen molar-refractivity contribution in [1.29, 1.82) is 0 Å². The van der Waals surface area contributed by atoms with Gasteiger partial charge in [0.25, 0.3) is 0 Å². The molecule has 0 fully saturated rings. The third-order valence-electron chi connectivity index (χ3n) is 1.91. The molecule has 0 N–H and O–H groups in total. The first-order valence-electron chi connectivity index (χ1n) is 4.46. The van der Waals surface area contributed by atoms with E-state index in [9.17, 15) is 0 Å². The molecular weight excluding hydrogens is 256 g/mol. The molecule has 1 aromatic carbocycles. The fourth-order valence-corrected chi connectivity index (χ4v) is 1.45. The zero-order chi connectivity index (χ0) is 10.7. The summed E-state index contributed by atoms with van der Waals surface area (Å²) in [6.07, 6.45) is 4.78. The molecule has 0 bridgehead atoms. The van der Waals surface area contributed by atoms with Crippen LogP contribution in [0, 0.1) is 6.92 Å². The van der Waals surface area contributed by atoms with Crippen molar-refractivity contribution < 1.29 is 4.74 Å². The van der Waals surface area contributed by atoms with Crippen LogP contribution in [0.5, 0.6) is 11.6 Å². The van der Waals surface area contributed by atoms with Crippen molar-refractivity contribution in [3.05, 3.63) is 46.8 Å². The Balaban J connectivity index is 2.22. The van der Waals surface area contributed by atoms with E-state index in [0.29, 0.717) is 5.88 Å². The van der Waals surface area contributed by atoms with Crippen LogP contribution in [0.3, 0.4) is 0 Å². The fraction of sp³-hybridized carbons (Fsp3) is 0.0909. The van der Waals surface area contributed by atoms with Gasteiger partial charge >= 0.3 is 0 Å². The maximum Gasteiger partial charge on any atom is 0.237 e. The van der Waals surface area contributed by atoms with Gasteiger partial charge in [-0.2, -0.15) is 0 Å². The summed E-state index contributed by atoms with van der Waals surface area (Å²) in [5, 5.41) is 0. The van der Waals surface area contributed by atoms with Crippen molar-refractivity contribution >= 4 is 15.9 Å². The average Bonchev–Trinajstić information content (AvgIpc) is 2.25. The van der Waals surface area contributed by atoms with Crippen LogP contribution < -0.4 is 4.74 Å². The lowest BCUT2D eigenvalue weighted by Crippen LogP contribution is -1.88. The molecule has 76 valence electrons. The van der Waals surface area contributed by atoms with Crippen molar-refractivity contribution in [3.63, 3.8) is 0 Å². The number of ether oxygens (including phenoxy) is 1. The second-order valence-electron chi connectivity index (χ2n) is 3.06. The van der Waals surface area contributed by atoms with Crippen LogP contribution in [-0.4, -0.2) is 9.97 Å². The van der Waals surface area contributed by atoms with Gasteiger partial charge < -0.3 is 4.74 Å². The number of rotatable bonds is 2. The van der Waals surface area contributed by atoms with Crippen LogP contribution in [0.2, 0.25) is 0 Å². The molecular formula is C11H9BrN2O. The van der Waals surface area contributed by atoms with Gasteiger partial charge in [-0.05, 0) is 24.6 Å². The Kier molecular flexibility index (Phi) is 2.97. The predicted octanol–water partition coefficient (Wildman–Crippen LogP) is 3.34. The van der Waals surface area contributed by atoms with E-state index >= 15 is 0 Å². The summed E-state index contributed by atoms with van der Waals surface area (Å²) in [6, 6.07) is 5.79. The van der Waals surface area contributed by atoms with E-state index in [4.69, 9.17) is 4.74 Å². The second kappa shape index (κ2) is 4.40. The summed E-state index contributed by atoms with van der Waals surface area (Å²) >= 11 is 3.44. The van der Waals surface area contributed by atoms with Crippen molar-refractivity contribution in [3.8, 4) is 11.6 Å². The van der Waals surface area contributed by atoms with Gasteiger partial charge in [-0.25, -0.2) is 4.98 Å². The molecule has 0 saturated carbocycles. The maximum atomic E-state index is 5.51. The number of hydrogen-bond donors (Lipinski definition) is 0. The van der Waals surface area contributed by atoms with Crippen LogP contribution >= 0.6 is 15.9 Å². The first kappa shape index (κ1) is 10.1. The third kappa shape index (κ3) is 2.53. The molecule has 2 aromatic rings. The lowest BCUT2D eigenvalue weighted by molar-refractivity contribution is 0.459. The molecule has 0 radical (unpaired) electrons. The van der Waals surface area contributed by atoms with Crippen molar-refractivity contribution in [1.82, 2.24) is 9.97 Å². The van der Waals surface area contributed by atoms with Gasteiger partial charge in [0, 0.05) is 16.9 Å². The molecule has 0 spiro atoms. The molecule has 0 saturated heterocycles. The highest BCUT2D eigenvalue weighted by atomic mass is 79.9. The Labute approximate surface area is 96.3 Å². The van der Waals surface area contributed by atoms with Gasteiger partial charge in [0.1, 0.15) is 5.75 Å². The molecule has 4 heteroatoms. The molecule has 0 unspecified atom stereocenters. The summed E-state index contributed by atoms with van der Waals surface area (Å²) in [6.45, 7) is 2.02. The maximum absolute atomic E-state index is 5.51. The molecule has 1 heterocycles. The molecule has 15 heavy (non-hydrogen) atoms. The topological polar surface area (TPSA) is 35.0 Å². The minimum atomic E-state index is 0.494. The smallest absolute Gasteiger partial charge is 0.237 e. The van der Waals surface area contributed by atoms with Gasteiger partial charge in [0.2, 0.25) is 5.88 Å². The standard InChI is InChI=1S/C11H9BrN2O/c1-8-2-3-9(6-10(8)12)15-11-7-13-4-5-14-11/h2-7H,1H3. The number of aromatic nitrogens is 2. The van der Waals surface area contributed by atoms with Crippen LogP contribution in [0.4, 0.5) is 0 Å². The normalized spacial score (nSPS) is 10.0. The van der Waals surface area contributed by atoms with Crippen molar-refractivity contribution in [2.24, 2.45) is 0 Å². The highest BCUT2D eigenvalue weighted by Gasteiger charge is 2.00. The molecule has 0 aliphatic rings. The van der Waals surface area contributed by atoms with Crippen LogP contribution in [0.1, 0.15) is 5.56 Å². The highest BCUT2D eigenvalue weighted by Crippen LogP contribution is 2.25. The van der Waals surface area contributed by atoms with Gasteiger partial charge in [-0.1, -0.05) is 22.0 Å². The van der Waals surface area contributed by atoms with Gasteiger partial charge in [0.05, 0.1) is 6.20 Å². The summed E-state index contributed by atoms with van der Waals surface area (Å²) in [5.41, 5.74) is 1.17. The number of halogens is 1. The zero-order valence-electron chi connectivity index (χ0n) is 8.14. The monoisotopic (exact) mass is 264 g/mol. The average molecular weight is 265 g/mol. The molecule has 0 aliphatic heterocycles. The fourth-order valence-electron chi connectivity index (χ4n) is 1.10. The lowest BCUT2D eigenvalue weighted by atomic mass is 10.2. The number of hydrogen-bond acceptors (Lipinski definition) is 3. The van der Waals surface area contributed by atoms with Crippen molar-refractivity contribution in [2.45, 2.75) is 6.92 Å². The van der Waals surface area contributed by atoms with E-state index in [2.05, 4.69) is 25.9 Å². The van der Waals surface area contributed by atoms with E-state index < -0.39 is 0 Å². The Morgan fingerprint density at radius 1 is 1.27 bits per heavy atom. The first-order valence-corrected chi connectivity index (χ1v) is 5.25. The van der Waals surface area contributed by atoms with Crippen molar-refractivity contribution in [2.75, 3.05) is 0 Å². The SMILES string of the molecule is Cc1ccc(Oc2cnccn2)cc1Br. The van der Waals surface area contributed by atoms with E-state index in [1.807, 2.05) is 25.1 Å². The first-order chi connectivity index (χ1) is 7.25. The van der Waals surface area contributed by atoms with Gasteiger partial charge in [-0.3, -0.25) is 4.98 Å². The molecule has 1 aromatic heterocycles. The van der Waals surface area contributed by atoms with E-state index in [1.165, 1.54) is 5.56 Å².